The van der Waals surface area contributed by atoms with E-state index in [0.29, 0.717) is 28.0 Å². The van der Waals surface area contributed by atoms with Crippen LogP contribution in [0.5, 0.6) is 0 Å². The molecule has 2 aromatic heterocycles. The first-order valence-electron chi connectivity index (χ1n) is 10.2. The standard InChI is InChI=1S/C20H22ClN4O7P/c1-20(27)15(26)18(30-19(20)25-7-5-13-16(22)23-10-24-17(13)25)32-33(28)29-8-6-14(31-33)11-3-2-4-12(21)9-11/h2-5,7,9-10,14-15,18-19,26-27H,6,8H2,1H3,(H2,22,23,24)/t14-,15+,18?,19+,20+,33?/m0/s1. The van der Waals surface area contributed by atoms with Crippen LogP contribution in [0.2, 0.25) is 5.02 Å². The van der Waals surface area contributed by atoms with Gasteiger partial charge in [0, 0.05) is 17.6 Å². The number of ether oxygens (including phenoxy) is 1. The summed E-state index contributed by atoms with van der Waals surface area (Å²) in [6.45, 7) is 1.46. The average molecular weight is 497 g/mol. The van der Waals surface area contributed by atoms with E-state index in [0.717, 1.165) is 0 Å². The second kappa shape index (κ2) is 8.30. The van der Waals surface area contributed by atoms with Crippen LogP contribution in [0.1, 0.15) is 31.2 Å². The van der Waals surface area contributed by atoms with Crippen molar-refractivity contribution in [1.82, 2.24) is 14.5 Å². The van der Waals surface area contributed by atoms with Gasteiger partial charge in [0.1, 0.15) is 29.5 Å². The molecule has 0 aliphatic carbocycles. The number of nitrogens with two attached hydrogens (primary N) is 1. The number of hydrogen-bond donors (Lipinski definition) is 3. The van der Waals surface area contributed by atoms with E-state index in [9.17, 15) is 14.8 Å². The Balaban J connectivity index is 1.38. The highest BCUT2D eigenvalue weighted by atomic mass is 35.5. The van der Waals surface area contributed by atoms with Crippen LogP contribution in [-0.4, -0.2) is 49.4 Å². The third-order valence-electron chi connectivity index (χ3n) is 5.75. The zero-order chi connectivity index (χ0) is 23.4. The number of aliphatic hydroxyl groups excluding tert-OH is 1. The van der Waals surface area contributed by atoms with Crippen molar-refractivity contribution in [2.45, 2.75) is 43.7 Å². The molecular formula is C20H22ClN4O7P. The predicted octanol–water partition coefficient (Wildman–Crippen LogP) is 2.94. The minimum Gasteiger partial charge on any atom is -0.385 e. The van der Waals surface area contributed by atoms with Crippen LogP contribution in [0.3, 0.4) is 0 Å². The van der Waals surface area contributed by atoms with Crippen LogP contribution in [0.25, 0.3) is 11.0 Å². The molecule has 2 unspecified atom stereocenters. The minimum absolute atomic E-state index is 0.0928. The van der Waals surface area contributed by atoms with Gasteiger partial charge in [-0.25, -0.2) is 14.5 Å². The van der Waals surface area contributed by atoms with Crippen LogP contribution in [-0.2, 0) is 22.9 Å². The van der Waals surface area contributed by atoms with Gasteiger partial charge in [0.15, 0.2) is 6.23 Å². The van der Waals surface area contributed by atoms with E-state index in [2.05, 4.69) is 9.97 Å². The molecule has 13 heteroatoms. The van der Waals surface area contributed by atoms with Gasteiger partial charge in [0.05, 0.1) is 18.1 Å². The molecule has 0 saturated carbocycles. The first-order valence-corrected chi connectivity index (χ1v) is 12.0. The molecule has 2 fully saturated rings. The monoisotopic (exact) mass is 496 g/mol. The molecule has 1 aromatic carbocycles. The number of nitrogen functional groups attached to an aromatic ring is 1. The van der Waals surface area contributed by atoms with Crippen molar-refractivity contribution in [3.63, 3.8) is 0 Å². The van der Waals surface area contributed by atoms with E-state index in [1.165, 1.54) is 17.8 Å². The number of fused-ring (bicyclic) bond motifs is 1. The van der Waals surface area contributed by atoms with Gasteiger partial charge in [0.25, 0.3) is 0 Å². The Kier molecular flexibility index (Phi) is 5.71. The number of phosphoric ester groups is 1. The van der Waals surface area contributed by atoms with Gasteiger partial charge < -0.3 is 25.3 Å². The number of aliphatic hydroxyl groups is 2. The highest BCUT2D eigenvalue weighted by Gasteiger charge is 2.56. The SMILES string of the molecule is C[C@@]1(O)[C@H](O)C(OP2(=O)OCC[C@@H](c3cccc(Cl)c3)O2)O[C@H]1n1ccc2c(N)ncnc21. The second-order valence-electron chi connectivity index (χ2n) is 8.07. The summed E-state index contributed by atoms with van der Waals surface area (Å²) in [6, 6.07) is 8.63. The number of anilines is 1. The lowest BCUT2D eigenvalue weighted by atomic mass is 9.99. The molecule has 2 aliphatic rings. The topological polar surface area (TPSA) is 151 Å². The number of nitrogens with zero attached hydrogens (tertiary/aromatic N) is 3. The van der Waals surface area contributed by atoms with Gasteiger partial charge in [-0.3, -0.25) is 13.6 Å². The summed E-state index contributed by atoms with van der Waals surface area (Å²) in [4.78, 5) is 8.12. The van der Waals surface area contributed by atoms with E-state index in [-0.39, 0.29) is 12.4 Å². The maximum Gasteiger partial charge on any atom is 0.477 e. The molecule has 6 atom stereocenters. The fourth-order valence-electron chi connectivity index (χ4n) is 4.00. The molecule has 33 heavy (non-hydrogen) atoms. The molecule has 4 heterocycles. The normalized spacial score (nSPS) is 34.7. The number of rotatable bonds is 4. The molecule has 0 spiro atoms. The molecule has 5 rings (SSSR count). The summed E-state index contributed by atoms with van der Waals surface area (Å²) in [5.41, 5.74) is 5.15. The number of phosphoric acid groups is 1. The number of halogens is 1. The van der Waals surface area contributed by atoms with Crippen molar-refractivity contribution in [1.29, 1.82) is 0 Å². The zero-order valence-electron chi connectivity index (χ0n) is 17.4. The van der Waals surface area contributed by atoms with E-state index in [1.807, 2.05) is 0 Å². The molecule has 11 nitrogen and oxygen atoms in total. The lowest BCUT2D eigenvalue weighted by Gasteiger charge is -2.31. The Morgan fingerprint density at radius 3 is 2.97 bits per heavy atom. The maximum absolute atomic E-state index is 13.2. The fraction of sp³-hybridized carbons (Fsp3) is 0.400. The lowest BCUT2D eigenvalue weighted by molar-refractivity contribution is -0.145. The first-order chi connectivity index (χ1) is 15.7. The van der Waals surface area contributed by atoms with E-state index >= 15 is 0 Å². The van der Waals surface area contributed by atoms with Crippen molar-refractivity contribution in [2.24, 2.45) is 0 Å². The minimum atomic E-state index is -4.15. The highest BCUT2D eigenvalue weighted by Crippen LogP contribution is 2.59. The largest absolute Gasteiger partial charge is 0.477 e. The van der Waals surface area contributed by atoms with E-state index in [1.54, 1.807) is 36.5 Å². The molecule has 2 saturated heterocycles. The number of benzene rings is 1. The molecular weight excluding hydrogens is 475 g/mol. The summed E-state index contributed by atoms with van der Waals surface area (Å²) in [5.74, 6) is 0.255. The summed E-state index contributed by atoms with van der Waals surface area (Å²) in [5, 5.41) is 22.8. The highest BCUT2D eigenvalue weighted by molar-refractivity contribution is 7.48. The number of hydrogen-bond acceptors (Lipinski definition) is 10. The van der Waals surface area contributed by atoms with Crippen molar-refractivity contribution in [3.05, 3.63) is 53.4 Å². The lowest BCUT2D eigenvalue weighted by Crippen LogP contribution is -2.44. The van der Waals surface area contributed by atoms with Crippen molar-refractivity contribution < 1.29 is 33.1 Å². The molecule has 3 aromatic rings. The fourth-order valence-corrected chi connectivity index (χ4v) is 5.66. The third kappa shape index (κ3) is 4.05. The van der Waals surface area contributed by atoms with Gasteiger partial charge in [-0.1, -0.05) is 23.7 Å². The summed E-state index contributed by atoms with van der Waals surface area (Å²) in [7, 11) is -4.15. The van der Waals surface area contributed by atoms with Crippen LogP contribution < -0.4 is 5.73 Å². The molecule has 176 valence electrons. The Hall–Kier alpha value is -2.08. The molecule has 0 radical (unpaired) electrons. The van der Waals surface area contributed by atoms with Crippen LogP contribution in [0, 0.1) is 0 Å². The Bertz CT molecular complexity index is 1240. The molecule has 2 aliphatic heterocycles. The Morgan fingerprint density at radius 2 is 2.18 bits per heavy atom. The smallest absolute Gasteiger partial charge is 0.385 e. The summed E-state index contributed by atoms with van der Waals surface area (Å²) in [6.07, 6.45) is -1.52. The average Bonchev–Trinajstić information content (AvgIpc) is 3.29. The van der Waals surface area contributed by atoms with Gasteiger partial charge in [-0.15, -0.1) is 0 Å². The first kappa shape index (κ1) is 22.7. The van der Waals surface area contributed by atoms with E-state index < -0.39 is 38.1 Å². The van der Waals surface area contributed by atoms with Crippen molar-refractivity contribution in [3.8, 4) is 0 Å². The molecule has 4 N–H and O–H groups in total. The molecule has 0 amide bonds. The zero-order valence-corrected chi connectivity index (χ0v) is 19.1. The third-order valence-corrected chi connectivity index (χ3v) is 7.46. The van der Waals surface area contributed by atoms with Gasteiger partial charge >= 0.3 is 7.82 Å². The van der Waals surface area contributed by atoms with Gasteiger partial charge in [-0.2, -0.15) is 0 Å². The summed E-state index contributed by atoms with van der Waals surface area (Å²) < 4.78 is 37.0. The van der Waals surface area contributed by atoms with Crippen LogP contribution in [0.15, 0.2) is 42.9 Å². The van der Waals surface area contributed by atoms with Gasteiger partial charge in [-0.05, 0) is 30.7 Å². The van der Waals surface area contributed by atoms with Crippen LogP contribution in [0.4, 0.5) is 5.82 Å². The van der Waals surface area contributed by atoms with Crippen LogP contribution >= 0.6 is 19.4 Å². The van der Waals surface area contributed by atoms with Gasteiger partial charge in [0.2, 0.25) is 6.29 Å². The van der Waals surface area contributed by atoms with Crippen molar-refractivity contribution in [2.75, 3.05) is 12.3 Å². The maximum atomic E-state index is 13.2. The predicted molar refractivity (Wildman–Crippen MR) is 117 cm³/mol. The summed E-state index contributed by atoms with van der Waals surface area (Å²) >= 11 is 6.05. The quantitative estimate of drug-likeness (QED) is 0.460. The Labute approximate surface area is 193 Å². The Morgan fingerprint density at radius 1 is 1.36 bits per heavy atom. The van der Waals surface area contributed by atoms with Crippen molar-refractivity contribution >= 4 is 36.3 Å². The second-order valence-corrected chi connectivity index (χ2v) is 10.1. The molecule has 0 bridgehead atoms. The number of aromatic nitrogens is 3. The van der Waals surface area contributed by atoms with E-state index in [4.69, 9.17) is 35.6 Å².